The fraction of sp³-hybridized carbons (Fsp3) is 0.818. The summed E-state index contributed by atoms with van der Waals surface area (Å²) in [5.74, 6) is -0.936. The zero-order valence-electron chi connectivity index (χ0n) is 10.1. The summed E-state index contributed by atoms with van der Waals surface area (Å²) in [6.45, 7) is 4.66. The van der Waals surface area contributed by atoms with E-state index in [-0.39, 0.29) is 24.9 Å². The third-order valence-electron chi connectivity index (χ3n) is 2.43. The Morgan fingerprint density at radius 2 is 2.00 bits per heavy atom. The Kier molecular flexibility index (Phi) is 7.54. The third-order valence-corrected chi connectivity index (χ3v) is 2.43. The Hall–Kier alpha value is -1.10. The van der Waals surface area contributed by atoms with Crippen molar-refractivity contribution in [1.29, 1.82) is 0 Å². The Morgan fingerprint density at radius 3 is 2.44 bits per heavy atom. The van der Waals surface area contributed by atoms with Crippen molar-refractivity contribution in [1.82, 2.24) is 4.90 Å². The first-order valence-electron chi connectivity index (χ1n) is 5.76. The molecule has 0 aromatic heterocycles. The van der Waals surface area contributed by atoms with Crippen LogP contribution in [0, 0.1) is 0 Å². The zero-order chi connectivity index (χ0) is 12.6. The minimum absolute atomic E-state index is 0.0113. The lowest BCUT2D eigenvalue weighted by molar-refractivity contribution is -0.138. The molecule has 0 bridgehead atoms. The number of hydrogen-bond donors (Lipinski definition) is 2. The van der Waals surface area contributed by atoms with Gasteiger partial charge in [0.05, 0.1) is 6.42 Å². The molecule has 0 fully saturated rings. The van der Waals surface area contributed by atoms with Crippen LogP contribution in [0.25, 0.3) is 0 Å². The predicted octanol–water partition coefficient (Wildman–Crippen LogP) is 0.827. The Labute approximate surface area is 96.6 Å². The molecule has 0 saturated heterocycles. The lowest BCUT2D eigenvalue weighted by Crippen LogP contribution is -2.37. The van der Waals surface area contributed by atoms with Crippen molar-refractivity contribution in [2.75, 3.05) is 13.1 Å². The lowest BCUT2D eigenvalue weighted by atomic mass is 10.1. The molecule has 1 amide bonds. The summed E-state index contributed by atoms with van der Waals surface area (Å²) in [4.78, 5) is 23.7. The summed E-state index contributed by atoms with van der Waals surface area (Å²) in [6.07, 6.45) is 2.07. The molecule has 0 aromatic rings. The van der Waals surface area contributed by atoms with E-state index >= 15 is 0 Å². The predicted molar refractivity (Wildman–Crippen MR) is 62.0 cm³/mol. The van der Waals surface area contributed by atoms with E-state index in [0.29, 0.717) is 13.0 Å². The van der Waals surface area contributed by atoms with Gasteiger partial charge in [0.25, 0.3) is 0 Å². The largest absolute Gasteiger partial charge is 0.481 e. The fourth-order valence-corrected chi connectivity index (χ4v) is 1.52. The van der Waals surface area contributed by atoms with Gasteiger partial charge in [0, 0.05) is 25.6 Å². The number of rotatable bonds is 8. The summed E-state index contributed by atoms with van der Waals surface area (Å²) in [5.41, 5.74) is 5.77. The van der Waals surface area contributed by atoms with Crippen LogP contribution in [0.3, 0.4) is 0 Å². The Bertz CT molecular complexity index is 231. The molecule has 5 nitrogen and oxygen atoms in total. The van der Waals surface area contributed by atoms with E-state index in [4.69, 9.17) is 10.8 Å². The van der Waals surface area contributed by atoms with Crippen LogP contribution in [0.5, 0.6) is 0 Å². The van der Waals surface area contributed by atoms with Crippen LogP contribution < -0.4 is 5.73 Å². The van der Waals surface area contributed by atoms with Gasteiger partial charge in [0.15, 0.2) is 0 Å². The normalized spacial score (nSPS) is 12.2. The van der Waals surface area contributed by atoms with Crippen molar-refractivity contribution in [3.05, 3.63) is 0 Å². The zero-order valence-corrected chi connectivity index (χ0v) is 10.1. The van der Waals surface area contributed by atoms with E-state index in [9.17, 15) is 9.59 Å². The molecule has 16 heavy (non-hydrogen) atoms. The smallest absolute Gasteiger partial charge is 0.305 e. The van der Waals surface area contributed by atoms with Gasteiger partial charge in [-0.2, -0.15) is 0 Å². The molecule has 1 unspecified atom stereocenters. The van der Waals surface area contributed by atoms with Gasteiger partial charge in [-0.05, 0) is 13.3 Å². The molecule has 0 spiro atoms. The first-order chi connectivity index (χ1) is 7.51. The van der Waals surface area contributed by atoms with Crippen molar-refractivity contribution >= 4 is 11.9 Å². The van der Waals surface area contributed by atoms with Crippen LogP contribution in [0.15, 0.2) is 0 Å². The van der Waals surface area contributed by atoms with Crippen LogP contribution >= 0.6 is 0 Å². The number of aliphatic carboxylic acids is 1. The van der Waals surface area contributed by atoms with Crippen molar-refractivity contribution in [3.63, 3.8) is 0 Å². The second-order valence-electron chi connectivity index (χ2n) is 3.87. The maximum absolute atomic E-state index is 11.7. The van der Waals surface area contributed by atoms with Crippen molar-refractivity contribution in [2.24, 2.45) is 5.73 Å². The number of carboxylic acids is 1. The van der Waals surface area contributed by atoms with Gasteiger partial charge >= 0.3 is 5.97 Å². The van der Waals surface area contributed by atoms with Crippen LogP contribution in [0.4, 0.5) is 0 Å². The summed E-state index contributed by atoms with van der Waals surface area (Å²) in [5, 5.41) is 8.54. The van der Waals surface area contributed by atoms with Gasteiger partial charge in [-0.25, -0.2) is 0 Å². The van der Waals surface area contributed by atoms with Gasteiger partial charge in [0.2, 0.25) is 5.91 Å². The first kappa shape index (κ1) is 14.9. The minimum Gasteiger partial charge on any atom is -0.481 e. The monoisotopic (exact) mass is 230 g/mol. The highest BCUT2D eigenvalue weighted by molar-refractivity contribution is 5.77. The van der Waals surface area contributed by atoms with Crippen molar-refractivity contribution < 1.29 is 14.7 Å². The van der Waals surface area contributed by atoms with Gasteiger partial charge < -0.3 is 15.7 Å². The van der Waals surface area contributed by atoms with Crippen LogP contribution in [0.2, 0.25) is 0 Å². The van der Waals surface area contributed by atoms with E-state index in [1.165, 1.54) is 0 Å². The lowest BCUT2D eigenvalue weighted by Gasteiger charge is -2.21. The minimum atomic E-state index is -0.885. The summed E-state index contributed by atoms with van der Waals surface area (Å²) < 4.78 is 0. The maximum atomic E-state index is 11.7. The highest BCUT2D eigenvalue weighted by atomic mass is 16.4. The number of nitrogens with zero attached hydrogens (tertiary/aromatic N) is 1. The maximum Gasteiger partial charge on any atom is 0.305 e. The number of amides is 1. The molecule has 0 aliphatic carbocycles. The highest BCUT2D eigenvalue weighted by Crippen LogP contribution is 2.03. The van der Waals surface area contributed by atoms with Crippen molar-refractivity contribution in [3.8, 4) is 0 Å². The topological polar surface area (TPSA) is 83.6 Å². The molecular weight excluding hydrogens is 208 g/mol. The van der Waals surface area contributed by atoms with Crippen LogP contribution in [-0.2, 0) is 9.59 Å². The number of carbonyl (C=O) groups is 2. The Balaban J connectivity index is 4.04. The molecule has 1 atom stereocenters. The van der Waals surface area contributed by atoms with Gasteiger partial charge in [0.1, 0.15) is 0 Å². The fourth-order valence-electron chi connectivity index (χ4n) is 1.52. The van der Waals surface area contributed by atoms with E-state index in [1.807, 2.05) is 13.8 Å². The summed E-state index contributed by atoms with van der Waals surface area (Å²) in [6, 6.07) is -0.114. The molecule has 0 saturated carbocycles. The quantitative estimate of drug-likeness (QED) is 0.647. The Morgan fingerprint density at radius 1 is 1.38 bits per heavy atom. The molecule has 3 N–H and O–H groups in total. The molecule has 0 radical (unpaired) electrons. The second kappa shape index (κ2) is 8.10. The molecule has 0 rings (SSSR count). The van der Waals surface area contributed by atoms with Crippen LogP contribution in [0.1, 0.15) is 39.5 Å². The van der Waals surface area contributed by atoms with E-state index in [2.05, 4.69) is 0 Å². The summed E-state index contributed by atoms with van der Waals surface area (Å²) >= 11 is 0. The molecule has 0 heterocycles. The molecular formula is C11H22N2O3. The first-order valence-corrected chi connectivity index (χ1v) is 5.76. The average molecular weight is 230 g/mol. The standard InChI is InChI=1S/C11H22N2O3/c1-3-5-9(12)8-10(14)13(4-2)7-6-11(15)16/h9H,3-8,12H2,1-2H3,(H,15,16). The van der Waals surface area contributed by atoms with Crippen LogP contribution in [-0.4, -0.2) is 41.0 Å². The molecule has 0 aromatic carbocycles. The second-order valence-corrected chi connectivity index (χ2v) is 3.87. The molecule has 5 heteroatoms. The molecule has 0 aliphatic rings. The van der Waals surface area contributed by atoms with E-state index in [1.54, 1.807) is 4.90 Å². The highest BCUT2D eigenvalue weighted by Gasteiger charge is 2.15. The number of carboxylic acid groups (broad SMARTS) is 1. The number of carbonyl (C=O) groups excluding carboxylic acids is 1. The molecule has 0 aliphatic heterocycles. The van der Waals surface area contributed by atoms with Crippen molar-refractivity contribution in [2.45, 2.75) is 45.6 Å². The number of hydrogen-bond acceptors (Lipinski definition) is 3. The molecule has 94 valence electrons. The van der Waals surface area contributed by atoms with Gasteiger partial charge in [-0.15, -0.1) is 0 Å². The SMILES string of the molecule is CCCC(N)CC(=O)N(CC)CCC(=O)O. The van der Waals surface area contributed by atoms with Gasteiger partial charge in [-0.3, -0.25) is 9.59 Å². The third kappa shape index (κ3) is 6.40. The van der Waals surface area contributed by atoms with E-state index < -0.39 is 5.97 Å². The van der Waals surface area contributed by atoms with E-state index in [0.717, 1.165) is 12.8 Å². The van der Waals surface area contributed by atoms with Gasteiger partial charge in [-0.1, -0.05) is 13.3 Å². The summed E-state index contributed by atoms with van der Waals surface area (Å²) in [7, 11) is 0. The average Bonchev–Trinajstić information content (AvgIpc) is 2.18. The number of nitrogens with two attached hydrogens (primary N) is 1.